The summed E-state index contributed by atoms with van der Waals surface area (Å²) in [6, 6.07) is 9.20. The van der Waals surface area contributed by atoms with E-state index in [9.17, 15) is 14.9 Å². The number of amides is 1. The molecule has 1 aromatic heterocycles. The van der Waals surface area contributed by atoms with Crippen LogP contribution in [0, 0.1) is 10.1 Å². The van der Waals surface area contributed by atoms with Gasteiger partial charge in [-0.15, -0.1) is 0 Å². The van der Waals surface area contributed by atoms with Crippen LogP contribution in [0.15, 0.2) is 53.9 Å². The lowest BCUT2D eigenvalue weighted by molar-refractivity contribution is -0.385. The molecule has 0 saturated carbocycles. The van der Waals surface area contributed by atoms with Crippen molar-refractivity contribution in [3.8, 4) is 0 Å². The van der Waals surface area contributed by atoms with E-state index in [-0.39, 0.29) is 11.3 Å². The van der Waals surface area contributed by atoms with E-state index >= 15 is 0 Å². The second-order valence-electron chi connectivity index (χ2n) is 4.15. The Bertz CT molecular complexity index is 698. The van der Waals surface area contributed by atoms with Gasteiger partial charge in [-0.25, -0.2) is 5.43 Å². The Morgan fingerprint density at radius 2 is 1.90 bits per heavy atom. The van der Waals surface area contributed by atoms with E-state index in [1.165, 1.54) is 18.2 Å². The van der Waals surface area contributed by atoms with Crippen molar-refractivity contribution in [2.75, 3.05) is 0 Å². The topological polar surface area (TPSA) is 97.5 Å². The van der Waals surface area contributed by atoms with Gasteiger partial charge in [-0.1, -0.05) is 12.1 Å². The van der Waals surface area contributed by atoms with Gasteiger partial charge < -0.3 is 0 Å². The molecule has 0 saturated heterocycles. The first-order valence-corrected chi connectivity index (χ1v) is 6.08. The summed E-state index contributed by atoms with van der Waals surface area (Å²) in [6.45, 7) is 1.72. The first-order valence-electron chi connectivity index (χ1n) is 6.08. The summed E-state index contributed by atoms with van der Waals surface area (Å²) in [5.41, 5.74) is 3.40. The quantitative estimate of drug-likeness (QED) is 0.528. The van der Waals surface area contributed by atoms with Gasteiger partial charge in [-0.3, -0.25) is 19.9 Å². The molecule has 7 heteroatoms. The lowest BCUT2D eigenvalue weighted by Gasteiger charge is -2.03. The summed E-state index contributed by atoms with van der Waals surface area (Å²) in [4.78, 5) is 26.1. The van der Waals surface area contributed by atoms with Crippen LogP contribution in [-0.4, -0.2) is 21.5 Å². The van der Waals surface area contributed by atoms with Crippen LogP contribution in [0.5, 0.6) is 0 Å². The fraction of sp³-hybridized carbons (Fsp3) is 0.0714. The highest BCUT2D eigenvalue weighted by molar-refractivity contribution is 6.02. The third-order valence-electron chi connectivity index (χ3n) is 2.77. The summed E-state index contributed by atoms with van der Waals surface area (Å²) in [5, 5.41) is 14.8. The third kappa shape index (κ3) is 3.47. The van der Waals surface area contributed by atoms with Crippen molar-refractivity contribution in [2.45, 2.75) is 6.92 Å². The second-order valence-corrected chi connectivity index (χ2v) is 4.15. The fourth-order valence-electron chi connectivity index (χ4n) is 1.68. The number of hydrazone groups is 1. The smallest absolute Gasteiger partial charge is 0.267 e. The van der Waals surface area contributed by atoms with Gasteiger partial charge in [0.15, 0.2) is 0 Å². The number of rotatable bonds is 4. The molecule has 2 aromatic rings. The van der Waals surface area contributed by atoms with E-state index in [4.69, 9.17) is 0 Å². The van der Waals surface area contributed by atoms with Crippen LogP contribution in [0.4, 0.5) is 5.69 Å². The van der Waals surface area contributed by atoms with Gasteiger partial charge in [-0.05, 0) is 25.1 Å². The largest absolute Gasteiger partial charge is 0.282 e. The minimum Gasteiger partial charge on any atom is -0.267 e. The Hall–Kier alpha value is -3.09. The zero-order valence-corrected chi connectivity index (χ0v) is 11.2. The maximum atomic E-state index is 12.0. The van der Waals surface area contributed by atoms with E-state index < -0.39 is 10.8 Å². The second kappa shape index (κ2) is 6.38. The predicted molar refractivity (Wildman–Crippen MR) is 77.0 cm³/mol. The molecule has 0 radical (unpaired) electrons. The summed E-state index contributed by atoms with van der Waals surface area (Å²) >= 11 is 0. The molecule has 0 aliphatic heterocycles. The molecule has 0 bridgehead atoms. The number of pyridine rings is 1. The molecule has 2 rings (SSSR count). The first-order chi connectivity index (χ1) is 10.1. The van der Waals surface area contributed by atoms with E-state index in [2.05, 4.69) is 15.5 Å². The number of hydrogen-bond acceptors (Lipinski definition) is 5. The Kier molecular flexibility index (Phi) is 4.35. The molecule has 0 aliphatic rings. The number of nitro benzene ring substituents is 1. The van der Waals surface area contributed by atoms with Crippen molar-refractivity contribution in [3.63, 3.8) is 0 Å². The third-order valence-corrected chi connectivity index (χ3v) is 2.77. The van der Waals surface area contributed by atoms with Crippen molar-refractivity contribution in [3.05, 3.63) is 70.0 Å². The van der Waals surface area contributed by atoms with Crippen molar-refractivity contribution >= 4 is 17.3 Å². The lowest BCUT2D eigenvalue weighted by Crippen LogP contribution is -2.20. The number of benzene rings is 1. The van der Waals surface area contributed by atoms with Gasteiger partial charge in [-0.2, -0.15) is 5.10 Å². The number of nitrogens with zero attached hydrogens (tertiary/aromatic N) is 3. The van der Waals surface area contributed by atoms with Crippen molar-refractivity contribution in [1.29, 1.82) is 0 Å². The first kappa shape index (κ1) is 14.3. The number of carbonyl (C=O) groups excluding carboxylic acids is 1. The Morgan fingerprint density at radius 1 is 1.24 bits per heavy atom. The molecule has 1 heterocycles. The molecule has 0 atom stereocenters. The van der Waals surface area contributed by atoms with E-state index in [0.717, 1.165) is 5.56 Å². The fourth-order valence-corrected chi connectivity index (χ4v) is 1.68. The number of carbonyl (C=O) groups is 1. The van der Waals surface area contributed by atoms with Gasteiger partial charge in [0.25, 0.3) is 11.6 Å². The summed E-state index contributed by atoms with van der Waals surface area (Å²) in [6.07, 6.45) is 3.22. The zero-order valence-electron chi connectivity index (χ0n) is 11.2. The zero-order chi connectivity index (χ0) is 15.2. The molecule has 0 fully saturated rings. The highest BCUT2D eigenvalue weighted by atomic mass is 16.6. The molecule has 106 valence electrons. The number of nitrogens with one attached hydrogen (secondary N) is 1. The summed E-state index contributed by atoms with van der Waals surface area (Å²) in [5.74, 6) is -0.629. The van der Waals surface area contributed by atoms with Crippen LogP contribution in [-0.2, 0) is 0 Å². The highest BCUT2D eigenvalue weighted by Crippen LogP contribution is 2.17. The molecule has 7 nitrogen and oxygen atoms in total. The van der Waals surface area contributed by atoms with Crippen molar-refractivity contribution in [2.24, 2.45) is 5.10 Å². The molecule has 0 spiro atoms. The Labute approximate surface area is 120 Å². The predicted octanol–water partition coefficient (Wildman–Crippen LogP) is 2.14. The number of aromatic nitrogens is 1. The van der Waals surface area contributed by atoms with Gasteiger partial charge in [0, 0.05) is 24.0 Å². The average molecular weight is 284 g/mol. The van der Waals surface area contributed by atoms with E-state index in [0.29, 0.717) is 5.71 Å². The van der Waals surface area contributed by atoms with Crippen LogP contribution >= 0.6 is 0 Å². The highest BCUT2D eigenvalue weighted by Gasteiger charge is 2.18. The SMILES string of the molecule is C/C(=N\NC(=O)c1ccccc1[N+](=O)[O-])c1ccncc1. The lowest BCUT2D eigenvalue weighted by atomic mass is 10.2. The average Bonchev–Trinajstić information content (AvgIpc) is 2.53. The van der Waals surface area contributed by atoms with Crippen LogP contribution in [0.2, 0.25) is 0 Å². The van der Waals surface area contributed by atoms with Crippen molar-refractivity contribution < 1.29 is 9.72 Å². The molecule has 0 unspecified atom stereocenters. The minimum absolute atomic E-state index is 0.0335. The van der Waals surface area contributed by atoms with Crippen LogP contribution in [0.25, 0.3) is 0 Å². The van der Waals surface area contributed by atoms with Gasteiger partial charge in [0.1, 0.15) is 5.56 Å². The van der Waals surface area contributed by atoms with Crippen LogP contribution in [0.3, 0.4) is 0 Å². The molecular weight excluding hydrogens is 272 g/mol. The summed E-state index contributed by atoms with van der Waals surface area (Å²) in [7, 11) is 0. The van der Waals surface area contributed by atoms with E-state index in [1.54, 1.807) is 37.5 Å². The van der Waals surface area contributed by atoms with Crippen LogP contribution < -0.4 is 5.43 Å². The maximum Gasteiger partial charge on any atom is 0.282 e. The molecule has 1 aromatic carbocycles. The Morgan fingerprint density at radius 3 is 2.57 bits per heavy atom. The van der Waals surface area contributed by atoms with Gasteiger partial charge in [0.05, 0.1) is 10.6 Å². The summed E-state index contributed by atoms with van der Waals surface area (Å²) < 4.78 is 0. The standard InChI is InChI=1S/C14H12N4O3/c1-10(11-6-8-15-9-7-11)16-17-14(19)12-4-2-3-5-13(12)18(20)21/h2-9H,1H3,(H,17,19)/b16-10+. The number of hydrogen-bond donors (Lipinski definition) is 1. The molecule has 1 amide bonds. The maximum absolute atomic E-state index is 12.0. The van der Waals surface area contributed by atoms with E-state index in [1.807, 2.05) is 0 Å². The van der Waals surface area contributed by atoms with Gasteiger partial charge >= 0.3 is 0 Å². The molecule has 21 heavy (non-hydrogen) atoms. The molecule has 0 aliphatic carbocycles. The Balaban J connectivity index is 2.18. The number of nitro groups is 1. The van der Waals surface area contributed by atoms with Crippen molar-refractivity contribution in [1.82, 2.24) is 10.4 Å². The number of para-hydroxylation sites is 1. The molecule has 1 N–H and O–H groups in total. The normalized spacial score (nSPS) is 11.0. The monoisotopic (exact) mass is 284 g/mol. The molecular formula is C14H12N4O3. The van der Waals surface area contributed by atoms with Gasteiger partial charge in [0.2, 0.25) is 0 Å². The minimum atomic E-state index is -0.629. The van der Waals surface area contributed by atoms with Crippen LogP contribution in [0.1, 0.15) is 22.8 Å².